The van der Waals surface area contributed by atoms with Crippen molar-refractivity contribution >= 4 is 48.9 Å². The van der Waals surface area contributed by atoms with E-state index >= 15 is 0 Å². The van der Waals surface area contributed by atoms with Crippen LogP contribution in [0.25, 0.3) is 11.2 Å². The molecule has 1 aliphatic heterocycles. The monoisotopic (exact) mass is 462 g/mol. The van der Waals surface area contributed by atoms with Gasteiger partial charge in [-0.15, -0.1) is 0 Å². The first kappa shape index (κ1) is 18.0. The number of esters is 3. The number of rotatable bonds is 6. The predicted octanol–water partition coefficient (Wildman–Crippen LogP) is 3.28. The molecule has 3 rings (SSSR count). The Bertz CT molecular complexity index is 862. The zero-order valence-electron chi connectivity index (χ0n) is 14.6. The van der Waals surface area contributed by atoms with Crippen LogP contribution >= 0.6 is 19.8 Å². The van der Waals surface area contributed by atoms with Crippen LogP contribution in [0.15, 0.2) is 4.42 Å². The van der Waals surface area contributed by atoms with Gasteiger partial charge in [-0.1, -0.05) is 0 Å². The molecule has 2 aromatic rings. The molecule has 0 saturated carbocycles. The number of alkyl halides is 3. The van der Waals surface area contributed by atoms with Gasteiger partial charge in [0.25, 0.3) is 0 Å². The van der Waals surface area contributed by atoms with Crippen LogP contribution in [0, 0.1) is 5.41 Å². The topological polar surface area (TPSA) is 92.0 Å². The quantitative estimate of drug-likeness (QED) is 0.282. The zero-order valence-corrected chi connectivity index (χ0v) is 16.8. The van der Waals surface area contributed by atoms with Crippen LogP contribution < -0.4 is 9.47 Å². The van der Waals surface area contributed by atoms with Crippen molar-refractivity contribution in [1.29, 1.82) is 0 Å². The van der Waals surface area contributed by atoms with E-state index in [9.17, 15) is 14.4 Å². The van der Waals surface area contributed by atoms with Gasteiger partial charge in [0.15, 0.2) is 0 Å². The Hall–Kier alpha value is -1.84. The third-order valence-corrected chi connectivity index (χ3v) is 6.86. The van der Waals surface area contributed by atoms with Gasteiger partial charge in [0.1, 0.15) is 0 Å². The van der Waals surface area contributed by atoms with Gasteiger partial charge in [-0.05, 0) is 0 Å². The van der Waals surface area contributed by atoms with Gasteiger partial charge >= 0.3 is 152 Å². The number of halogens is 1. The Balaban J connectivity index is 1.93. The van der Waals surface area contributed by atoms with Gasteiger partial charge < -0.3 is 0 Å². The molecule has 0 radical (unpaired) electrons. The van der Waals surface area contributed by atoms with Crippen LogP contribution in [0.4, 0.5) is 0 Å². The summed E-state index contributed by atoms with van der Waals surface area (Å²) in [5, 5.41) is 0. The molecular weight excluding hydrogens is 443 g/mol. The molecule has 0 fully saturated rings. The third-order valence-electron chi connectivity index (χ3n) is 4.16. The molecule has 0 atom stereocenters. The van der Waals surface area contributed by atoms with E-state index in [1.165, 1.54) is 7.11 Å². The zero-order chi connectivity index (χ0) is 18.5. The third kappa shape index (κ3) is 2.86. The molecule has 2 bridgehead atoms. The molecule has 0 spiro atoms. The van der Waals surface area contributed by atoms with Crippen molar-refractivity contribution in [3.8, 4) is 11.5 Å². The van der Waals surface area contributed by atoms with E-state index in [1.54, 1.807) is 0 Å². The Labute approximate surface area is 151 Å². The maximum atomic E-state index is 12.6. The van der Waals surface area contributed by atoms with Crippen molar-refractivity contribution in [1.82, 2.24) is 0 Å². The van der Waals surface area contributed by atoms with E-state index in [4.69, 9.17) is 18.6 Å². The molecule has 2 aromatic heterocycles. The number of benzene rings is 1. The van der Waals surface area contributed by atoms with E-state index in [0.29, 0.717) is 6.42 Å². The summed E-state index contributed by atoms with van der Waals surface area (Å²) < 4.78 is 21.8. The summed E-state index contributed by atoms with van der Waals surface area (Å²) in [4.78, 5) is 41.0. The Morgan fingerprint density at radius 1 is 1.20 bits per heavy atom. The van der Waals surface area contributed by atoms with Crippen LogP contribution in [0.2, 0.25) is 0 Å². The first-order chi connectivity index (χ1) is 11.7. The molecule has 0 N–H and O–H groups in total. The van der Waals surface area contributed by atoms with Crippen LogP contribution in [-0.2, 0) is 9.53 Å². The molecular formula is C17H19IO7. The molecule has 0 unspecified atom stereocenters. The molecule has 0 aliphatic carbocycles. The number of hydrogen-bond acceptors (Lipinski definition) is 7. The standard InChI is InChI=1S/C17H19IO7/c1-17(2,6-7-18(3)4)16(21)25-13-10-8(14(19)22-5)9-11(23-10)12(13)24-15(9)20/h6-7H2,1-5H3. The number of carbonyl (C=O) groups excluding carboxylic acids is 3. The van der Waals surface area contributed by atoms with Crippen LogP contribution in [0.1, 0.15) is 41.0 Å². The normalized spacial score (nSPS) is 14.0. The molecule has 0 saturated heterocycles. The summed E-state index contributed by atoms with van der Waals surface area (Å²) in [5.41, 5.74) is -0.580. The second-order valence-electron chi connectivity index (χ2n) is 6.67. The number of carbonyl (C=O) groups is 3. The minimum absolute atomic E-state index is 0.0151. The molecule has 7 nitrogen and oxygen atoms in total. The van der Waals surface area contributed by atoms with Crippen LogP contribution in [0.5, 0.6) is 11.5 Å². The number of methoxy groups -OCH3 is 1. The summed E-state index contributed by atoms with van der Waals surface area (Å²) in [6.45, 7) is 3.63. The van der Waals surface area contributed by atoms with Crippen molar-refractivity contribution in [2.45, 2.75) is 20.3 Å². The van der Waals surface area contributed by atoms with Gasteiger partial charge in [-0.3, -0.25) is 0 Å². The molecule has 3 heterocycles. The number of ether oxygens (including phenoxy) is 3. The molecule has 1 aliphatic rings. The van der Waals surface area contributed by atoms with Crippen molar-refractivity contribution in [2.75, 3.05) is 21.4 Å². The maximum absolute atomic E-state index is 12.6. The summed E-state index contributed by atoms with van der Waals surface area (Å²) in [6, 6.07) is 0. The summed E-state index contributed by atoms with van der Waals surface area (Å²) in [5.74, 6) is -1.86. The first-order valence-electron chi connectivity index (χ1n) is 7.58. The summed E-state index contributed by atoms with van der Waals surface area (Å²) in [7, 11) is 1.20. The van der Waals surface area contributed by atoms with Gasteiger partial charge in [0.05, 0.1) is 0 Å². The van der Waals surface area contributed by atoms with Crippen molar-refractivity contribution < 1.29 is 33.0 Å². The number of fused-ring (bicyclic) bond motifs is 1. The van der Waals surface area contributed by atoms with Crippen molar-refractivity contribution in [2.24, 2.45) is 5.41 Å². The number of furan rings is 2. The average Bonchev–Trinajstić information content (AvgIpc) is 3.15. The van der Waals surface area contributed by atoms with Crippen LogP contribution in [-0.4, -0.2) is 39.3 Å². The Morgan fingerprint density at radius 2 is 1.88 bits per heavy atom. The fourth-order valence-electron chi connectivity index (χ4n) is 2.54. The van der Waals surface area contributed by atoms with Crippen LogP contribution in [0.3, 0.4) is 0 Å². The minimum atomic E-state index is -0.962. The average molecular weight is 462 g/mol. The van der Waals surface area contributed by atoms with E-state index in [0.717, 1.165) is 4.43 Å². The molecule has 8 heteroatoms. The molecule has 0 amide bonds. The SMILES string of the molecule is COC(=O)c1c2c3oc1c(OC(=O)C(C)(C)CCI(C)C)c3OC2=O. The molecule has 0 aromatic carbocycles. The van der Waals surface area contributed by atoms with Gasteiger partial charge in [0, 0.05) is 0 Å². The van der Waals surface area contributed by atoms with Gasteiger partial charge in [-0.25, -0.2) is 0 Å². The number of hydrogen-bond donors (Lipinski definition) is 0. The van der Waals surface area contributed by atoms with E-state index in [1.807, 2.05) is 13.8 Å². The summed E-state index contributed by atoms with van der Waals surface area (Å²) >= 11 is -0.962. The van der Waals surface area contributed by atoms with Gasteiger partial charge in [0.2, 0.25) is 0 Å². The van der Waals surface area contributed by atoms with E-state index in [2.05, 4.69) is 9.86 Å². The molecule has 136 valence electrons. The second-order valence-corrected chi connectivity index (χ2v) is 13.0. The Morgan fingerprint density at radius 3 is 2.48 bits per heavy atom. The first-order valence-corrected chi connectivity index (χ1v) is 13.4. The Kier molecular flexibility index (Phi) is 4.42. The van der Waals surface area contributed by atoms with Gasteiger partial charge in [-0.2, -0.15) is 0 Å². The van der Waals surface area contributed by atoms with Crippen molar-refractivity contribution in [3.05, 3.63) is 11.1 Å². The second kappa shape index (κ2) is 6.15. The van der Waals surface area contributed by atoms with E-state index < -0.39 is 43.1 Å². The fraction of sp³-hybridized carbons (Fsp3) is 0.471. The predicted molar refractivity (Wildman–Crippen MR) is 98.5 cm³/mol. The van der Waals surface area contributed by atoms with E-state index in [-0.39, 0.29) is 33.8 Å². The summed E-state index contributed by atoms with van der Waals surface area (Å²) in [6.07, 6.45) is 0.712. The molecule has 25 heavy (non-hydrogen) atoms. The van der Waals surface area contributed by atoms with Crippen molar-refractivity contribution in [3.63, 3.8) is 0 Å². The fourth-order valence-corrected chi connectivity index (χ4v) is 4.96.